The summed E-state index contributed by atoms with van der Waals surface area (Å²) in [5.41, 5.74) is 9.01. The van der Waals surface area contributed by atoms with Gasteiger partial charge in [0.25, 0.3) is 0 Å². The molecule has 0 spiro atoms. The van der Waals surface area contributed by atoms with Crippen molar-refractivity contribution < 1.29 is 29.3 Å². The lowest BCUT2D eigenvalue weighted by molar-refractivity contribution is -0.148. The molecular formula is C37H54N4O6S2. The molecule has 0 saturated carbocycles. The molecule has 2 aromatic rings. The van der Waals surface area contributed by atoms with Crippen LogP contribution in [0.2, 0.25) is 0 Å². The normalized spacial score (nSPS) is 24.0. The van der Waals surface area contributed by atoms with Crippen molar-refractivity contribution in [3.63, 3.8) is 0 Å². The highest BCUT2D eigenvalue weighted by molar-refractivity contribution is 8.76. The molecule has 270 valence electrons. The summed E-state index contributed by atoms with van der Waals surface area (Å²) >= 11 is 0. The summed E-state index contributed by atoms with van der Waals surface area (Å²) < 4.78 is 11.1. The van der Waals surface area contributed by atoms with Crippen LogP contribution in [0.5, 0.6) is 11.5 Å². The van der Waals surface area contributed by atoms with Gasteiger partial charge in [-0.3, -0.25) is 9.59 Å². The Labute approximate surface area is 299 Å². The fourth-order valence-corrected chi connectivity index (χ4v) is 8.78. The van der Waals surface area contributed by atoms with Crippen molar-refractivity contribution in [3.8, 4) is 11.5 Å². The number of phenolic OH excluding ortho intramolecular Hbond substituents is 1. The van der Waals surface area contributed by atoms with Gasteiger partial charge in [0.1, 0.15) is 6.10 Å². The third kappa shape index (κ3) is 13.6. The van der Waals surface area contributed by atoms with Gasteiger partial charge in [-0.1, -0.05) is 70.8 Å². The summed E-state index contributed by atoms with van der Waals surface area (Å²) in [5.74, 6) is 2.75. The molecule has 1 saturated heterocycles. The van der Waals surface area contributed by atoms with Crippen LogP contribution >= 0.6 is 21.6 Å². The molecule has 4 bridgehead atoms. The monoisotopic (exact) mass is 714 g/mol. The molecular weight excluding hydrogens is 661 g/mol. The number of nitrogens with zero attached hydrogens (tertiary/aromatic N) is 2. The highest BCUT2D eigenvalue weighted by atomic mass is 33.1. The van der Waals surface area contributed by atoms with E-state index in [1.54, 1.807) is 21.8 Å². The Morgan fingerprint density at radius 1 is 1.12 bits per heavy atom. The number of aliphatic hydroxyl groups is 1. The summed E-state index contributed by atoms with van der Waals surface area (Å²) in [5, 5.41) is 25.1. The number of carbonyl (C=O) groups excluding carboxylic acids is 2. The molecule has 0 radical (unpaired) electrons. The van der Waals surface area contributed by atoms with Crippen molar-refractivity contribution in [1.29, 1.82) is 0 Å². The van der Waals surface area contributed by atoms with Gasteiger partial charge >= 0.3 is 5.97 Å². The van der Waals surface area contributed by atoms with Crippen molar-refractivity contribution in [3.05, 3.63) is 59.2 Å². The van der Waals surface area contributed by atoms with E-state index in [4.69, 9.17) is 15.2 Å². The Hall–Kier alpha value is -3.09. The first-order valence-electron chi connectivity index (χ1n) is 17.5. The predicted molar refractivity (Wildman–Crippen MR) is 199 cm³/mol. The molecule has 0 aromatic heterocycles. The zero-order chi connectivity index (χ0) is 35.0. The third-order valence-electron chi connectivity index (χ3n) is 9.33. The van der Waals surface area contributed by atoms with Gasteiger partial charge in [-0.15, -0.1) is 0 Å². The van der Waals surface area contributed by atoms with Gasteiger partial charge in [-0.05, 0) is 74.0 Å². The Morgan fingerprint density at radius 3 is 2.69 bits per heavy atom. The van der Waals surface area contributed by atoms with Crippen LogP contribution in [0.4, 0.5) is 0 Å². The first-order valence-corrected chi connectivity index (χ1v) is 20.0. The SMILES string of the molecule is COc1cc2cc(c1O)CN1C[C@H](CCNC(N)=NCSSC[C@@H](CCc3ccccc3)CCCC[C@H](O)C[C@H](OC(C)=O)CC2)CC1=O. The number of aryl methyl sites for hydroxylation is 2. The standard InChI is InChI=1S/C37H54N4O6S2/c1-26(42)47-33-15-14-29-18-31(36(45)34(19-29)46-2)23-41-22-30(20-35(41)44)16-17-39-37(38)40-25-49-48-24-28(10-6-7-11-32(43)21-33)13-12-27-8-4-3-5-9-27/h3-5,8-9,18-19,28,30,32-33,43,45H,6-7,10-17,20-25H2,1-2H3,(H3,38,39,40)/t28-,30-,32+,33-/m1/s1. The maximum atomic E-state index is 12.9. The number of hydrogen-bond donors (Lipinski definition) is 4. The van der Waals surface area contributed by atoms with Crippen LogP contribution in [-0.4, -0.2) is 77.0 Å². The number of guanidine groups is 1. The Balaban J connectivity index is 1.44. The van der Waals surface area contributed by atoms with E-state index in [0.29, 0.717) is 74.3 Å². The van der Waals surface area contributed by atoms with Gasteiger partial charge < -0.3 is 35.6 Å². The molecule has 0 unspecified atom stereocenters. The molecule has 4 rings (SSSR count). The van der Waals surface area contributed by atoms with Crippen LogP contribution in [0.1, 0.15) is 81.4 Å². The quantitative estimate of drug-likeness (QED) is 0.221. The van der Waals surface area contributed by atoms with Gasteiger partial charge in [-0.25, -0.2) is 4.99 Å². The number of benzene rings is 2. The molecule has 2 heterocycles. The first-order chi connectivity index (χ1) is 23.7. The lowest BCUT2D eigenvalue weighted by Gasteiger charge is -2.22. The number of phenols is 1. The molecule has 4 atom stereocenters. The Morgan fingerprint density at radius 2 is 1.92 bits per heavy atom. The van der Waals surface area contributed by atoms with E-state index in [2.05, 4.69) is 34.6 Å². The average molecular weight is 715 g/mol. The van der Waals surface area contributed by atoms with E-state index in [1.165, 1.54) is 19.6 Å². The van der Waals surface area contributed by atoms with E-state index in [9.17, 15) is 19.8 Å². The maximum absolute atomic E-state index is 12.9. The number of carbonyl (C=O) groups is 2. The number of nitrogens with two attached hydrogens (primary N) is 1. The fourth-order valence-electron chi connectivity index (χ4n) is 6.64. The smallest absolute Gasteiger partial charge is 0.302 e. The number of aliphatic hydroxyl groups excluding tert-OH is 1. The molecule has 2 aliphatic rings. The molecule has 49 heavy (non-hydrogen) atoms. The van der Waals surface area contributed by atoms with Crippen molar-refractivity contribution in [2.45, 2.75) is 96.3 Å². The van der Waals surface area contributed by atoms with E-state index in [0.717, 1.165) is 49.8 Å². The van der Waals surface area contributed by atoms with Crippen LogP contribution in [0, 0.1) is 11.8 Å². The molecule has 1 amide bonds. The second kappa shape index (κ2) is 20.6. The molecule has 2 aliphatic heterocycles. The van der Waals surface area contributed by atoms with Gasteiger partial charge in [0, 0.05) is 50.7 Å². The second-order valence-corrected chi connectivity index (χ2v) is 15.8. The van der Waals surface area contributed by atoms with E-state index >= 15 is 0 Å². The van der Waals surface area contributed by atoms with Gasteiger partial charge in [0.2, 0.25) is 5.91 Å². The Kier molecular flexibility index (Phi) is 16.2. The van der Waals surface area contributed by atoms with Crippen molar-refractivity contribution >= 4 is 39.4 Å². The Bertz CT molecular complexity index is 1360. The number of hydrogen-bond acceptors (Lipinski definition) is 11. The lowest BCUT2D eigenvalue weighted by Crippen LogP contribution is -2.33. The predicted octanol–water partition coefficient (Wildman–Crippen LogP) is 5.82. The molecule has 5 N–H and O–H groups in total. The van der Waals surface area contributed by atoms with Crippen LogP contribution < -0.4 is 15.8 Å². The minimum Gasteiger partial charge on any atom is -0.504 e. The topological polar surface area (TPSA) is 147 Å². The number of aliphatic imine (C=N–C) groups is 1. The van der Waals surface area contributed by atoms with Crippen molar-refractivity contribution in [2.24, 2.45) is 22.6 Å². The maximum Gasteiger partial charge on any atom is 0.302 e. The number of fused-ring (bicyclic) bond motifs is 4. The zero-order valence-electron chi connectivity index (χ0n) is 29.0. The van der Waals surface area contributed by atoms with Crippen LogP contribution in [0.15, 0.2) is 47.5 Å². The van der Waals surface area contributed by atoms with Gasteiger partial charge in [-0.2, -0.15) is 0 Å². The minimum atomic E-state index is -0.577. The molecule has 0 aliphatic carbocycles. The van der Waals surface area contributed by atoms with E-state index < -0.39 is 12.2 Å². The number of ether oxygens (including phenoxy) is 2. The van der Waals surface area contributed by atoms with Crippen LogP contribution in [-0.2, 0) is 33.7 Å². The molecule has 10 nitrogen and oxygen atoms in total. The molecule has 12 heteroatoms. The molecule has 1 fully saturated rings. The second-order valence-electron chi connectivity index (χ2n) is 13.3. The average Bonchev–Trinajstić information content (AvgIpc) is 3.42. The number of amides is 1. The zero-order valence-corrected chi connectivity index (χ0v) is 30.6. The number of nitrogens with one attached hydrogen (secondary N) is 1. The number of methoxy groups -OCH3 is 1. The molecule has 2 aromatic carbocycles. The highest BCUT2D eigenvalue weighted by Gasteiger charge is 2.30. The summed E-state index contributed by atoms with van der Waals surface area (Å²) in [6, 6.07) is 14.3. The largest absolute Gasteiger partial charge is 0.504 e. The summed E-state index contributed by atoms with van der Waals surface area (Å²) in [7, 11) is 5.04. The van der Waals surface area contributed by atoms with Crippen LogP contribution in [0.3, 0.4) is 0 Å². The van der Waals surface area contributed by atoms with Gasteiger partial charge in [0.15, 0.2) is 17.5 Å². The van der Waals surface area contributed by atoms with Gasteiger partial charge in [0.05, 0.1) is 19.1 Å². The number of esters is 1. The number of aromatic hydroxyl groups is 1. The third-order valence-corrected chi connectivity index (χ3v) is 11.6. The summed E-state index contributed by atoms with van der Waals surface area (Å²) in [6.45, 7) is 2.89. The van der Waals surface area contributed by atoms with Crippen LogP contribution in [0.25, 0.3) is 0 Å². The van der Waals surface area contributed by atoms with E-state index in [1.807, 2.05) is 22.9 Å². The van der Waals surface area contributed by atoms with Crippen molar-refractivity contribution in [2.75, 3.05) is 31.8 Å². The lowest BCUT2D eigenvalue weighted by atomic mass is 9.94. The fraction of sp³-hybridized carbons (Fsp3) is 0.595. The summed E-state index contributed by atoms with van der Waals surface area (Å²) in [4.78, 5) is 31.2. The minimum absolute atomic E-state index is 0.0200. The number of rotatable bonds is 5. The van der Waals surface area contributed by atoms with Crippen molar-refractivity contribution in [1.82, 2.24) is 10.2 Å². The van der Waals surface area contributed by atoms with E-state index in [-0.39, 0.29) is 30.1 Å². The first kappa shape index (κ1) is 38.7. The summed E-state index contributed by atoms with van der Waals surface area (Å²) in [6.07, 6.45) is 7.44. The highest BCUT2D eigenvalue weighted by Crippen LogP contribution is 2.35.